The molecule has 0 amide bonds. The van der Waals surface area contributed by atoms with Crippen LogP contribution in [-0.4, -0.2) is 14.8 Å². The molecule has 5 heteroatoms. The third-order valence-electron chi connectivity index (χ3n) is 1.59. The van der Waals surface area contributed by atoms with Gasteiger partial charge < -0.3 is 4.74 Å². The molecule has 2 aromatic rings. The Bertz CT molecular complexity index is 427. The second-order valence-electron chi connectivity index (χ2n) is 2.73. The molecule has 14 heavy (non-hydrogen) atoms. The summed E-state index contributed by atoms with van der Waals surface area (Å²) in [5, 5.41) is 4.50. The number of hydrogen-bond acceptors (Lipinski definition) is 3. The van der Waals surface area contributed by atoms with E-state index in [1.807, 2.05) is 12.1 Å². The van der Waals surface area contributed by atoms with E-state index in [1.165, 1.54) is 0 Å². The maximum absolute atomic E-state index is 5.86. The summed E-state index contributed by atoms with van der Waals surface area (Å²) < 4.78 is 6.94. The van der Waals surface area contributed by atoms with Gasteiger partial charge in [0.25, 0.3) is 5.88 Å². The number of rotatable bonds is 2. The average Bonchev–Trinajstić information content (AvgIpc) is 2.47. The monoisotopic (exact) mass is 209 g/mol. The van der Waals surface area contributed by atoms with Gasteiger partial charge in [-0.3, -0.25) is 4.68 Å². The molecule has 0 aliphatic heterocycles. The lowest BCUT2D eigenvalue weighted by atomic mass is 10.5. The van der Waals surface area contributed by atoms with Gasteiger partial charge in [-0.2, -0.15) is 0 Å². The van der Waals surface area contributed by atoms with Gasteiger partial charge in [-0.1, -0.05) is 17.7 Å². The standard InChI is InChI=1S/C9H8ClN3O/c1-13-6-7(10)9(12-13)14-8-4-2-3-5-11-8/h2-6H,1H3. The normalized spacial score (nSPS) is 10.1. The first-order valence-electron chi connectivity index (χ1n) is 4.04. The molecular weight excluding hydrogens is 202 g/mol. The molecule has 4 nitrogen and oxygen atoms in total. The second-order valence-corrected chi connectivity index (χ2v) is 3.13. The van der Waals surface area contributed by atoms with E-state index in [4.69, 9.17) is 16.3 Å². The fourth-order valence-corrected chi connectivity index (χ4v) is 1.23. The minimum atomic E-state index is 0.368. The van der Waals surface area contributed by atoms with Gasteiger partial charge in [0, 0.05) is 25.5 Å². The number of pyridine rings is 1. The van der Waals surface area contributed by atoms with Gasteiger partial charge in [0.2, 0.25) is 5.88 Å². The molecule has 2 rings (SSSR count). The first-order chi connectivity index (χ1) is 6.75. The summed E-state index contributed by atoms with van der Waals surface area (Å²) in [7, 11) is 1.77. The van der Waals surface area contributed by atoms with Crippen molar-refractivity contribution in [2.45, 2.75) is 0 Å². The van der Waals surface area contributed by atoms with Crippen LogP contribution in [-0.2, 0) is 7.05 Å². The van der Waals surface area contributed by atoms with Crippen LogP contribution in [0.2, 0.25) is 5.02 Å². The molecule has 2 heterocycles. The zero-order valence-corrected chi connectivity index (χ0v) is 8.27. The quantitative estimate of drug-likeness (QED) is 0.762. The smallest absolute Gasteiger partial charge is 0.258 e. The molecular formula is C9H8ClN3O. The van der Waals surface area contributed by atoms with Crippen LogP contribution in [0.15, 0.2) is 30.6 Å². The highest BCUT2D eigenvalue weighted by Gasteiger charge is 2.07. The number of ether oxygens (including phenoxy) is 1. The SMILES string of the molecule is Cn1cc(Cl)c(Oc2ccccn2)n1. The van der Waals surface area contributed by atoms with E-state index in [2.05, 4.69) is 10.1 Å². The molecule has 0 radical (unpaired) electrons. The molecule has 0 bridgehead atoms. The maximum Gasteiger partial charge on any atom is 0.258 e. The van der Waals surface area contributed by atoms with Crippen molar-refractivity contribution in [2.24, 2.45) is 7.05 Å². The molecule has 0 aliphatic carbocycles. The van der Waals surface area contributed by atoms with Crippen LogP contribution in [0.25, 0.3) is 0 Å². The fraction of sp³-hybridized carbons (Fsp3) is 0.111. The minimum Gasteiger partial charge on any atom is -0.418 e. The van der Waals surface area contributed by atoms with Crippen LogP contribution in [0, 0.1) is 0 Å². The lowest BCUT2D eigenvalue weighted by molar-refractivity contribution is 0.437. The van der Waals surface area contributed by atoms with Crippen molar-refractivity contribution in [3.05, 3.63) is 35.6 Å². The summed E-state index contributed by atoms with van der Waals surface area (Å²) in [6.07, 6.45) is 3.31. The number of halogens is 1. The minimum absolute atomic E-state index is 0.368. The fourth-order valence-electron chi connectivity index (χ4n) is 1.01. The van der Waals surface area contributed by atoms with Gasteiger partial charge in [-0.05, 0) is 6.07 Å². The second kappa shape index (κ2) is 3.67. The van der Waals surface area contributed by atoms with Crippen molar-refractivity contribution < 1.29 is 4.74 Å². The van der Waals surface area contributed by atoms with E-state index in [1.54, 1.807) is 30.2 Å². The summed E-state index contributed by atoms with van der Waals surface area (Å²) in [4.78, 5) is 3.99. The first-order valence-corrected chi connectivity index (χ1v) is 4.41. The lowest BCUT2D eigenvalue weighted by Crippen LogP contribution is -1.90. The van der Waals surface area contributed by atoms with Crippen LogP contribution in [0.5, 0.6) is 11.8 Å². The van der Waals surface area contributed by atoms with Crippen LogP contribution in [0.3, 0.4) is 0 Å². The molecule has 0 atom stereocenters. The Morgan fingerprint density at radius 1 is 1.43 bits per heavy atom. The molecule has 0 saturated heterocycles. The van der Waals surface area contributed by atoms with E-state index in [0.717, 1.165) is 0 Å². The van der Waals surface area contributed by atoms with Gasteiger partial charge in [-0.25, -0.2) is 4.98 Å². The molecule has 0 saturated carbocycles. The molecule has 0 unspecified atom stereocenters. The van der Waals surface area contributed by atoms with Gasteiger partial charge in [-0.15, -0.1) is 5.10 Å². The Morgan fingerprint density at radius 3 is 2.86 bits per heavy atom. The largest absolute Gasteiger partial charge is 0.418 e. The van der Waals surface area contributed by atoms with E-state index in [9.17, 15) is 0 Å². The third kappa shape index (κ3) is 1.85. The molecule has 0 N–H and O–H groups in total. The Balaban J connectivity index is 2.23. The Labute approximate surface area is 86.1 Å². The molecule has 0 spiro atoms. The third-order valence-corrected chi connectivity index (χ3v) is 1.85. The topological polar surface area (TPSA) is 39.9 Å². The van der Waals surface area contributed by atoms with Crippen molar-refractivity contribution in [1.29, 1.82) is 0 Å². The predicted molar refractivity (Wildman–Crippen MR) is 52.5 cm³/mol. The van der Waals surface area contributed by atoms with Crippen molar-refractivity contribution in [1.82, 2.24) is 14.8 Å². The van der Waals surface area contributed by atoms with E-state index < -0.39 is 0 Å². The number of hydrogen-bond donors (Lipinski definition) is 0. The highest BCUT2D eigenvalue weighted by Crippen LogP contribution is 2.25. The molecule has 0 aromatic carbocycles. The summed E-state index contributed by atoms with van der Waals surface area (Å²) in [6.45, 7) is 0. The van der Waals surface area contributed by atoms with Crippen molar-refractivity contribution in [3.63, 3.8) is 0 Å². The van der Waals surface area contributed by atoms with Crippen molar-refractivity contribution in [3.8, 4) is 11.8 Å². The van der Waals surface area contributed by atoms with Crippen molar-refractivity contribution >= 4 is 11.6 Å². The first kappa shape index (κ1) is 9.02. The zero-order valence-electron chi connectivity index (χ0n) is 7.51. The summed E-state index contributed by atoms with van der Waals surface area (Å²) in [5.41, 5.74) is 0. The highest BCUT2D eigenvalue weighted by atomic mass is 35.5. The summed E-state index contributed by atoms with van der Waals surface area (Å²) >= 11 is 5.86. The van der Waals surface area contributed by atoms with E-state index in [-0.39, 0.29) is 0 Å². The predicted octanol–water partition coefficient (Wildman–Crippen LogP) is 2.26. The van der Waals surface area contributed by atoms with Crippen molar-refractivity contribution in [2.75, 3.05) is 0 Å². The van der Waals surface area contributed by atoms with Crippen LogP contribution in [0.4, 0.5) is 0 Å². The maximum atomic E-state index is 5.86. The van der Waals surface area contributed by atoms with Gasteiger partial charge in [0.1, 0.15) is 5.02 Å². The number of nitrogens with zero attached hydrogens (tertiary/aromatic N) is 3. The van der Waals surface area contributed by atoms with Crippen LogP contribution >= 0.6 is 11.6 Å². The number of aromatic nitrogens is 3. The molecule has 0 fully saturated rings. The van der Waals surface area contributed by atoms with Crippen LogP contribution in [0.1, 0.15) is 0 Å². The molecule has 2 aromatic heterocycles. The van der Waals surface area contributed by atoms with Gasteiger partial charge in [0.05, 0.1) is 0 Å². The number of aryl methyl sites for hydroxylation is 1. The Hall–Kier alpha value is -1.55. The summed E-state index contributed by atoms with van der Waals surface area (Å²) in [6, 6.07) is 5.39. The Morgan fingerprint density at radius 2 is 2.29 bits per heavy atom. The van der Waals surface area contributed by atoms with Gasteiger partial charge >= 0.3 is 0 Å². The van der Waals surface area contributed by atoms with Gasteiger partial charge in [0.15, 0.2) is 0 Å². The average molecular weight is 210 g/mol. The lowest BCUT2D eigenvalue weighted by Gasteiger charge is -1.99. The zero-order chi connectivity index (χ0) is 9.97. The molecule has 0 aliphatic rings. The highest BCUT2D eigenvalue weighted by molar-refractivity contribution is 6.31. The van der Waals surface area contributed by atoms with E-state index >= 15 is 0 Å². The van der Waals surface area contributed by atoms with E-state index in [0.29, 0.717) is 16.8 Å². The Kier molecular flexibility index (Phi) is 2.37. The van der Waals surface area contributed by atoms with Crippen LogP contribution < -0.4 is 4.74 Å². The molecule has 72 valence electrons. The summed E-state index contributed by atoms with van der Waals surface area (Å²) in [5.74, 6) is 0.848.